The van der Waals surface area contributed by atoms with Crippen molar-refractivity contribution >= 4 is 0 Å². The van der Waals surface area contributed by atoms with Crippen molar-refractivity contribution in [2.45, 2.75) is 52.3 Å². The highest BCUT2D eigenvalue weighted by molar-refractivity contribution is 5.41. The van der Waals surface area contributed by atoms with Crippen molar-refractivity contribution in [1.82, 2.24) is 15.1 Å². The first-order valence-electron chi connectivity index (χ1n) is 9.78. The van der Waals surface area contributed by atoms with Crippen LogP contribution in [0, 0.1) is 5.92 Å². The zero-order valence-electron chi connectivity index (χ0n) is 16.6. The number of piperazine rings is 1. The number of rotatable bonds is 6. The van der Waals surface area contributed by atoms with Crippen LogP contribution in [-0.2, 0) is 13.0 Å². The zero-order valence-corrected chi connectivity index (χ0v) is 16.6. The topological polar surface area (TPSA) is 27.7 Å². The number of benzene rings is 1. The van der Waals surface area contributed by atoms with Gasteiger partial charge in [-0.2, -0.15) is 0 Å². The third kappa shape index (κ3) is 4.75. The van der Waals surface area contributed by atoms with E-state index in [9.17, 15) is 0 Å². The summed E-state index contributed by atoms with van der Waals surface area (Å²) in [6.45, 7) is 15.7. The first-order valence-corrected chi connectivity index (χ1v) is 9.78. The summed E-state index contributed by atoms with van der Waals surface area (Å²) in [5.41, 5.74) is 2.66. The first kappa shape index (κ1) is 18.7. The summed E-state index contributed by atoms with van der Waals surface area (Å²) in [6.07, 6.45) is 1.01. The summed E-state index contributed by atoms with van der Waals surface area (Å²) >= 11 is 0. The van der Waals surface area contributed by atoms with E-state index in [2.05, 4.69) is 68.1 Å². The second-order valence-corrected chi connectivity index (χ2v) is 8.76. The molecule has 3 rings (SSSR count). The third-order valence-corrected chi connectivity index (χ3v) is 5.59. The molecule has 0 spiro atoms. The monoisotopic (exact) mass is 345 g/mol. The van der Waals surface area contributed by atoms with Crippen molar-refractivity contribution < 1.29 is 4.74 Å². The van der Waals surface area contributed by atoms with E-state index in [1.165, 1.54) is 37.3 Å². The lowest BCUT2D eigenvalue weighted by atomic mass is 9.99. The molecule has 4 heteroatoms. The Morgan fingerprint density at radius 1 is 1.16 bits per heavy atom. The Kier molecular flexibility index (Phi) is 5.71. The fourth-order valence-corrected chi connectivity index (χ4v) is 4.08. The van der Waals surface area contributed by atoms with Gasteiger partial charge in [0.15, 0.2) is 0 Å². The van der Waals surface area contributed by atoms with E-state index in [0.29, 0.717) is 12.0 Å². The molecule has 0 radical (unpaired) electrons. The van der Waals surface area contributed by atoms with Crippen molar-refractivity contribution in [2.24, 2.45) is 5.92 Å². The van der Waals surface area contributed by atoms with Crippen LogP contribution < -0.4 is 10.1 Å². The van der Waals surface area contributed by atoms with Crippen molar-refractivity contribution in [2.75, 3.05) is 39.8 Å². The lowest BCUT2D eigenvalue weighted by molar-refractivity contribution is 0.0875. The maximum absolute atomic E-state index is 5.98. The molecule has 2 aliphatic heterocycles. The molecule has 140 valence electrons. The van der Waals surface area contributed by atoms with Crippen LogP contribution in [0.2, 0.25) is 0 Å². The number of ether oxygens (including phenoxy) is 1. The van der Waals surface area contributed by atoms with Gasteiger partial charge in [-0.1, -0.05) is 26.0 Å². The minimum absolute atomic E-state index is 0.0570. The molecular formula is C21H35N3O. The summed E-state index contributed by atoms with van der Waals surface area (Å²) < 4.78 is 5.98. The summed E-state index contributed by atoms with van der Waals surface area (Å²) in [5.74, 6) is 1.73. The van der Waals surface area contributed by atoms with Gasteiger partial charge < -0.3 is 15.0 Å². The highest BCUT2D eigenvalue weighted by atomic mass is 16.5. The van der Waals surface area contributed by atoms with E-state index < -0.39 is 0 Å². The summed E-state index contributed by atoms with van der Waals surface area (Å²) in [5, 5.41) is 3.71. The molecule has 1 aromatic carbocycles. The average molecular weight is 346 g/mol. The maximum atomic E-state index is 5.98. The first-order chi connectivity index (χ1) is 11.8. The Hall–Kier alpha value is -1.10. The molecule has 0 aliphatic carbocycles. The molecule has 4 nitrogen and oxygen atoms in total. The van der Waals surface area contributed by atoms with Gasteiger partial charge in [-0.05, 0) is 44.0 Å². The van der Waals surface area contributed by atoms with Crippen LogP contribution in [0.4, 0.5) is 0 Å². The van der Waals surface area contributed by atoms with Crippen LogP contribution in [0.1, 0.15) is 38.8 Å². The molecule has 1 atom stereocenters. The van der Waals surface area contributed by atoms with Gasteiger partial charge in [0.05, 0.1) is 0 Å². The Morgan fingerprint density at radius 2 is 1.88 bits per heavy atom. The summed E-state index contributed by atoms with van der Waals surface area (Å²) in [4.78, 5) is 5.09. The quantitative estimate of drug-likeness (QED) is 0.858. The van der Waals surface area contributed by atoms with Crippen LogP contribution in [0.25, 0.3) is 0 Å². The van der Waals surface area contributed by atoms with Gasteiger partial charge in [-0.3, -0.25) is 4.90 Å². The molecule has 25 heavy (non-hydrogen) atoms. The molecule has 1 N–H and O–H groups in total. The fraction of sp³-hybridized carbons (Fsp3) is 0.714. The highest BCUT2D eigenvalue weighted by Gasteiger charge is 2.30. The molecule has 0 bridgehead atoms. The van der Waals surface area contributed by atoms with Gasteiger partial charge >= 0.3 is 0 Å². The predicted molar refractivity (Wildman–Crippen MR) is 104 cm³/mol. The zero-order chi connectivity index (χ0) is 18.0. The molecule has 1 aromatic rings. The van der Waals surface area contributed by atoms with Gasteiger partial charge in [0.1, 0.15) is 11.4 Å². The standard InChI is InChI=1S/C21H35N3O/c1-16(2)19(24-10-8-23(5)9-11-24)15-22-14-17-6-7-20-18(12-17)13-21(3,4)25-20/h6-7,12,16,19,22H,8-11,13-15H2,1-5H3. The number of fused-ring (bicyclic) bond motifs is 1. The van der Waals surface area contributed by atoms with Crippen LogP contribution in [0.15, 0.2) is 18.2 Å². The lowest BCUT2D eigenvalue weighted by Crippen LogP contribution is -2.53. The summed E-state index contributed by atoms with van der Waals surface area (Å²) in [6, 6.07) is 7.28. The van der Waals surface area contributed by atoms with Crippen LogP contribution >= 0.6 is 0 Å². The van der Waals surface area contributed by atoms with Gasteiger partial charge in [-0.15, -0.1) is 0 Å². The highest BCUT2D eigenvalue weighted by Crippen LogP contribution is 2.35. The van der Waals surface area contributed by atoms with Crippen LogP contribution in [0.5, 0.6) is 5.75 Å². The van der Waals surface area contributed by atoms with E-state index in [4.69, 9.17) is 4.74 Å². The number of hydrogen-bond acceptors (Lipinski definition) is 4. The van der Waals surface area contributed by atoms with E-state index in [1.807, 2.05) is 0 Å². The van der Waals surface area contributed by atoms with E-state index in [0.717, 1.165) is 25.3 Å². The molecule has 0 amide bonds. The number of nitrogens with one attached hydrogen (secondary N) is 1. The molecule has 1 unspecified atom stereocenters. The lowest BCUT2D eigenvalue weighted by Gasteiger charge is -2.40. The normalized spacial score (nSPS) is 22.0. The molecule has 2 aliphatic rings. The van der Waals surface area contributed by atoms with Crippen molar-refractivity contribution in [1.29, 1.82) is 0 Å². The van der Waals surface area contributed by atoms with Gasteiger partial charge in [-0.25, -0.2) is 0 Å². The number of nitrogens with zero attached hydrogens (tertiary/aromatic N) is 2. The molecule has 0 aromatic heterocycles. The summed E-state index contributed by atoms with van der Waals surface area (Å²) in [7, 11) is 2.22. The Morgan fingerprint density at radius 3 is 2.56 bits per heavy atom. The Balaban J connectivity index is 1.53. The van der Waals surface area contributed by atoms with E-state index in [-0.39, 0.29) is 5.60 Å². The van der Waals surface area contributed by atoms with Crippen LogP contribution in [0.3, 0.4) is 0 Å². The minimum Gasteiger partial charge on any atom is -0.487 e. The largest absolute Gasteiger partial charge is 0.487 e. The van der Waals surface area contributed by atoms with Crippen LogP contribution in [-0.4, -0.2) is 61.2 Å². The average Bonchev–Trinajstić information content (AvgIpc) is 2.85. The Labute approximate surface area is 153 Å². The predicted octanol–water partition coefficient (Wildman–Crippen LogP) is 2.76. The van der Waals surface area contributed by atoms with E-state index in [1.54, 1.807) is 0 Å². The molecule has 1 fully saturated rings. The SMILES string of the molecule is CC(C)C(CNCc1ccc2c(c1)CC(C)(C)O2)N1CCN(C)CC1. The van der Waals surface area contributed by atoms with E-state index >= 15 is 0 Å². The van der Waals surface area contributed by atoms with Crippen molar-refractivity contribution in [3.05, 3.63) is 29.3 Å². The van der Waals surface area contributed by atoms with Crippen molar-refractivity contribution in [3.8, 4) is 5.75 Å². The maximum Gasteiger partial charge on any atom is 0.123 e. The second kappa shape index (κ2) is 7.65. The van der Waals surface area contributed by atoms with Gasteiger partial charge in [0.25, 0.3) is 0 Å². The fourth-order valence-electron chi connectivity index (χ4n) is 4.08. The smallest absolute Gasteiger partial charge is 0.123 e. The molecule has 2 heterocycles. The minimum atomic E-state index is -0.0570. The molecule has 0 saturated carbocycles. The van der Waals surface area contributed by atoms with Crippen molar-refractivity contribution in [3.63, 3.8) is 0 Å². The third-order valence-electron chi connectivity index (χ3n) is 5.59. The second-order valence-electron chi connectivity index (χ2n) is 8.76. The molecular weight excluding hydrogens is 310 g/mol. The Bertz CT molecular complexity index is 577. The van der Waals surface area contributed by atoms with Gasteiger partial charge in [0.2, 0.25) is 0 Å². The molecule has 1 saturated heterocycles. The van der Waals surface area contributed by atoms with Gasteiger partial charge in [0, 0.05) is 51.7 Å². The number of hydrogen-bond donors (Lipinski definition) is 1. The number of likely N-dealkylation sites (N-methyl/N-ethyl adjacent to an activating group) is 1.